The monoisotopic (exact) mass is 347 g/mol. The molecular formula is C18H22ClN3O2. The minimum Gasteiger partial charge on any atom is -0.361 e. The Morgan fingerprint density at radius 1 is 1.17 bits per heavy atom. The van der Waals surface area contributed by atoms with Crippen LogP contribution in [0.2, 0.25) is 5.02 Å². The summed E-state index contributed by atoms with van der Waals surface area (Å²) < 4.78 is 5.24. The number of carbonyl (C=O) groups excluding carboxylic acids is 1. The third kappa shape index (κ3) is 3.79. The fourth-order valence-electron chi connectivity index (χ4n) is 3.06. The molecule has 1 amide bonds. The fraction of sp³-hybridized carbons (Fsp3) is 0.444. The molecule has 0 radical (unpaired) electrons. The Bertz CT molecular complexity index is 692. The van der Waals surface area contributed by atoms with Crippen LogP contribution in [0.3, 0.4) is 0 Å². The van der Waals surface area contributed by atoms with E-state index in [1.165, 1.54) is 0 Å². The predicted molar refractivity (Wildman–Crippen MR) is 93.2 cm³/mol. The van der Waals surface area contributed by atoms with Crippen LogP contribution in [-0.2, 0) is 6.54 Å². The Balaban J connectivity index is 1.62. The summed E-state index contributed by atoms with van der Waals surface area (Å²) in [6.45, 7) is 8.07. The van der Waals surface area contributed by atoms with Crippen LogP contribution in [0.5, 0.6) is 0 Å². The first-order chi connectivity index (χ1) is 11.5. The Morgan fingerprint density at radius 2 is 1.92 bits per heavy atom. The van der Waals surface area contributed by atoms with E-state index in [9.17, 15) is 4.79 Å². The second kappa shape index (κ2) is 7.36. The second-order valence-corrected chi connectivity index (χ2v) is 6.67. The second-order valence-electron chi connectivity index (χ2n) is 6.23. The normalized spacial score (nSPS) is 16.2. The first kappa shape index (κ1) is 17.0. The van der Waals surface area contributed by atoms with E-state index in [-0.39, 0.29) is 5.91 Å². The molecule has 0 unspecified atom stereocenters. The molecule has 128 valence electrons. The van der Waals surface area contributed by atoms with Crippen LogP contribution in [0.25, 0.3) is 0 Å². The molecule has 0 saturated carbocycles. The summed E-state index contributed by atoms with van der Waals surface area (Å²) in [6.07, 6.45) is 0.961. The van der Waals surface area contributed by atoms with Gasteiger partial charge in [0.25, 0.3) is 5.91 Å². The van der Waals surface area contributed by atoms with Gasteiger partial charge >= 0.3 is 0 Å². The van der Waals surface area contributed by atoms with Crippen molar-refractivity contribution in [3.63, 3.8) is 0 Å². The molecule has 2 heterocycles. The molecule has 1 aromatic heterocycles. The SMILES string of the molecule is Cc1noc(C)c1CN1CCCN(C(=O)c2ccc(Cl)cc2)CC1. The van der Waals surface area contributed by atoms with Gasteiger partial charge in [-0.3, -0.25) is 9.69 Å². The number of benzene rings is 1. The van der Waals surface area contributed by atoms with Crippen molar-refractivity contribution in [3.8, 4) is 0 Å². The Kier molecular flexibility index (Phi) is 5.21. The summed E-state index contributed by atoms with van der Waals surface area (Å²) in [5.41, 5.74) is 2.80. The van der Waals surface area contributed by atoms with Gasteiger partial charge in [0.2, 0.25) is 0 Å². The lowest BCUT2D eigenvalue weighted by molar-refractivity contribution is 0.0761. The van der Waals surface area contributed by atoms with Gasteiger partial charge < -0.3 is 9.42 Å². The first-order valence-electron chi connectivity index (χ1n) is 8.23. The van der Waals surface area contributed by atoms with Crippen LogP contribution in [0, 0.1) is 13.8 Å². The van der Waals surface area contributed by atoms with Gasteiger partial charge in [0.1, 0.15) is 5.76 Å². The van der Waals surface area contributed by atoms with Gasteiger partial charge in [-0.15, -0.1) is 0 Å². The molecule has 0 bridgehead atoms. The van der Waals surface area contributed by atoms with Gasteiger partial charge in [-0.2, -0.15) is 0 Å². The van der Waals surface area contributed by atoms with Crippen molar-refractivity contribution in [2.24, 2.45) is 0 Å². The van der Waals surface area contributed by atoms with Gasteiger partial charge in [0.05, 0.1) is 5.69 Å². The molecule has 6 heteroatoms. The Labute approximate surface area is 147 Å². The number of aryl methyl sites for hydroxylation is 2. The van der Waals surface area contributed by atoms with Crippen molar-refractivity contribution < 1.29 is 9.32 Å². The average Bonchev–Trinajstić information content (AvgIpc) is 2.78. The van der Waals surface area contributed by atoms with Gasteiger partial charge in [-0.25, -0.2) is 0 Å². The fourth-order valence-corrected chi connectivity index (χ4v) is 3.18. The number of hydrogen-bond donors (Lipinski definition) is 0. The number of aromatic nitrogens is 1. The van der Waals surface area contributed by atoms with E-state index in [0.29, 0.717) is 10.6 Å². The van der Waals surface area contributed by atoms with Gasteiger partial charge in [-0.1, -0.05) is 16.8 Å². The van der Waals surface area contributed by atoms with E-state index in [4.69, 9.17) is 16.1 Å². The number of amides is 1. The zero-order chi connectivity index (χ0) is 17.1. The van der Waals surface area contributed by atoms with Crippen LogP contribution in [0.15, 0.2) is 28.8 Å². The summed E-state index contributed by atoms with van der Waals surface area (Å²) in [5, 5.41) is 4.66. The molecule has 1 fully saturated rings. The van der Waals surface area contributed by atoms with Crippen LogP contribution in [-0.4, -0.2) is 47.0 Å². The highest BCUT2D eigenvalue weighted by atomic mass is 35.5. The molecule has 1 aliphatic rings. The van der Waals surface area contributed by atoms with Gasteiger partial charge in [0, 0.05) is 48.9 Å². The maximum atomic E-state index is 12.6. The number of halogens is 1. The standard InChI is InChI=1S/C18H22ClN3O2/c1-13-17(14(2)24-20-13)12-21-8-3-9-22(11-10-21)18(23)15-4-6-16(19)7-5-15/h4-7H,3,8-12H2,1-2H3. The largest absolute Gasteiger partial charge is 0.361 e. The maximum absolute atomic E-state index is 12.6. The van der Waals surface area contributed by atoms with E-state index in [1.807, 2.05) is 18.7 Å². The minimum atomic E-state index is 0.0749. The van der Waals surface area contributed by atoms with Crippen molar-refractivity contribution in [3.05, 3.63) is 51.9 Å². The molecule has 5 nitrogen and oxygen atoms in total. The van der Waals surface area contributed by atoms with Crippen molar-refractivity contribution in [2.45, 2.75) is 26.8 Å². The molecule has 1 aromatic carbocycles. The van der Waals surface area contributed by atoms with Crippen molar-refractivity contribution in [1.29, 1.82) is 0 Å². The highest BCUT2D eigenvalue weighted by Crippen LogP contribution is 2.17. The molecule has 3 rings (SSSR count). The molecule has 0 N–H and O–H groups in total. The summed E-state index contributed by atoms with van der Waals surface area (Å²) >= 11 is 5.90. The third-order valence-corrected chi connectivity index (χ3v) is 4.78. The lowest BCUT2D eigenvalue weighted by atomic mass is 10.2. The highest BCUT2D eigenvalue weighted by molar-refractivity contribution is 6.30. The maximum Gasteiger partial charge on any atom is 0.253 e. The summed E-state index contributed by atoms with van der Waals surface area (Å²) in [7, 11) is 0. The lowest BCUT2D eigenvalue weighted by Crippen LogP contribution is -2.35. The zero-order valence-electron chi connectivity index (χ0n) is 14.1. The zero-order valence-corrected chi connectivity index (χ0v) is 14.8. The van der Waals surface area contributed by atoms with Gasteiger partial charge in [0.15, 0.2) is 0 Å². The molecule has 1 saturated heterocycles. The van der Waals surface area contributed by atoms with E-state index in [2.05, 4.69) is 10.1 Å². The molecule has 24 heavy (non-hydrogen) atoms. The number of carbonyl (C=O) groups is 1. The molecule has 2 aromatic rings. The third-order valence-electron chi connectivity index (χ3n) is 4.53. The van der Waals surface area contributed by atoms with E-state index in [0.717, 1.165) is 56.2 Å². The topological polar surface area (TPSA) is 49.6 Å². The van der Waals surface area contributed by atoms with Crippen molar-refractivity contribution >= 4 is 17.5 Å². The van der Waals surface area contributed by atoms with Crippen LogP contribution in [0.4, 0.5) is 0 Å². The van der Waals surface area contributed by atoms with Crippen molar-refractivity contribution in [2.75, 3.05) is 26.2 Å². The average molecular weight is 348 g/mol. The first-order valence-corrected chi connectivity index (χ1v) is 8.61. The number of nitrogens with zero attached hydrogens (tertiary/aromatic N) is 3. The number of rotatable bonds is 3. The molecule has 0 aliphatic carbocycles. The summed E-state index contributed by atoms with van der Waals surface area (Å²) in [4.78, 5) is 16.9. The smallest absolute Gasteiger partial charge is 0.253 e. The van der Waals surface area contributed by atoms with Crippen molar-refractivity contribution in [1.82, 2.24) is 15.0 Å². The molecule has 1 aliphatic heterocycles. The van der Waals surface area contributed by atoms with Crippen LogP contribution < -0.4 is 0 Å². The Morgan fingerprint density at radius 3 is 2.58 bits per heavy atom. The molecular weight excluding hydrogens is 326 g/mol. The molecule has 0 spiro atoms. The van der Waals surface area contributed by atoms with E-state index < -0.39 is 0 Å². The predicted octanol–water partition coefficient (Wildman–Crippen LogP) is 3.29. The quantitative estimate of drug-likeness (QED) is 0.854. The summed E-state index contributed by atoms with van der Waals surface area (Å²) in [6, 6.07) is 7.10. The van der Waals surface area contributed by atoms with Crippen LogP contribution >= 0.6 is 11.6 Å². The van der Waals surface area contributed by atoms with E-state index >= 15 is 0 Å². The van der Waals surface area contributed by atoms with Gasteiger partial charge in [-0.05, 0) is 44.5 Å². The number of hydrogen-bond acceptors (Lipinski definition) is 4. The highest BCUT2D eigenvalue weighted by Gasteiger charge is 2.21. The van der Waals surface area contributed by atoms with E-state index in [1.54, 1.807) is 24.3 Å². The van der Waals surface area contributed by atoms with Crippen LogP contribution in [0.1, 0.15) is 33.8 Å². The summed E-state index contributed by atoms with van der Waals surface area (Å²) in [5.74, 6) is 0.955. The minimum absolute atomic E-state index is 0.0749. The molecule has 0 atom stereocenters. The lowest BCUT2D eigenvalue weighted by Gasteiger charge is -2.22. The Hall–Kier alpha value is -1.85.